The number of nitrogens with one attached hydrogen (secondary N) is 1. The van der Waals surface area contributed by atoms with E-state index in [2.05, 4.69) is 34.2 Å². The zero-order valence-corrected chi connectivity index (χ0v) is 14.7. The Labute approximate surface area is 152 Å². The molecule has 3 aromatic rings. The van der Waals surface area contributed by atoms with Crippen molar-refractivity contribution >= 4 is 5.91 Å². The highest BCUT2D eigenvalue weighted by molar-refractivity contribution is 5.92. The lowest BCUT2D eigenvalue weighted by Crippen LogP contribution is -2.38. The Kier molecular flexibility index (Phi) is 4.48. The second kappa shape index (κ2) is 7.07. The third kappa shape index (κ3) is 3.22. The number of amides is 1. The van der Waals surface area contributed by atoms with E-state index in [1.54, 1.807) is 12.3 Å². The zero-order valence-electron chi connectivity index (χ0n) is 14.7. The molecular formula is C20H21N5O. The van der Waals surface area contributed by atoms with E-state index in [-0.39, 0.29) is 5.91 Å². The number of carbonyl (C=O) groups excluding carboxylic acids is 1. The molecule has 4 rings (SSSR count). The molecule has 6 nitrogen and oxygen atoms in total. The van der Waals surface area contributed by atoms with Gasteiger partial charge in [-0.3, -0.25) is 14.9 Å². The van der Waals surface area contributed by atoms with Gasteiger partial charge in [-0.05, 0) is 31.4 Å². The molecule has 1 amide bonds. The fraction of sp³-hybridized carbons (Fsp3) is 0.300. The summed E-state index contributed by atoms with van der Waals surface area (Å²) < 4.78 is 0. The van der Waals surface area contributed by atoms with Crippen molar-refractivity contribution in [3.05, 3.63) is 65.9 Å². The van der Waals surface area contributed by atoms with Crippen LogP contribution in [0.25, 0.3) is 11.3 Å². The van der Waals surface area contributed by atoms with Gasteiger partial charge in [-0.2, -0.15) is 5.10 Å². The van der Waals surface area contributed by atoms with Crippen LogP contribution >= 0.6 is 0 Å². The lowest BCUT2D eigenvalue weighted by molar-refractivity contribution is 0.0706. The SMILES string of the molecule is Cc1ccccc1-c1cncc(C2CCN(C(=O)c3ccn[nH]3)CC2)n1. The van der Waals surface area contributed by atoms with Crippen molar-refractivity contribution in [2.45, 2.75) is 25.7 Å². The van der Waals surface area contributed by atoms with Crippen LogP contribution in [0, 0.1) is 6.92 Å². The van der Waals surface area contributed by atoms with Gasteiger partial charge in [0.2, 0.25) is 0 Å². The average Bonchev–Trinajstić information content (AvgIpc) is 3.23. The van der Waals surface area contributed by atoms with E-state index >= 15 is 0 Å². The Morgan fingerprint density at radius 2 is 1.96 bits per heavy atom. The Morgan fingerprint density at radius 1 is 1.15 bits per heavy atom. The van der Waals surface area contributed by atoms with Gasteiger partial charge in [0.05, 0.1) is 17.6 Å². The van der Waals surface area contributed by atoms with Crippen LogP contribution in [0.5, 0.6) is 0 Å². The minimum Gasteiger partial charge on any atom is -0.337 e. The minimum absolute atomic E-state index is 0.0145. The van der Waals surface area contributed by atoms with E-state index in [1.165, 1.54) is 5.56 Å². The predicted molar refractivity (Wildman–Crippen MR) is 98.7 cm³/mol. The number of H-pyrrole nitrogens is 1. The van der Waals surface area contributed by atoms with Crippen molar-refractivity contribution in [1.29, 1.82) is 0 Å². The van der Waals surface area contributed by atoms with E-state index in [0.717, 1.165) is 42.9 Å². The van der Waals surface area contributed by atoms with E-state index in [4.69, 9.17) is 4.98 Å². The number of hydrogen-bond acceptors (Lipinski definition) is 4. The highest BCUT2D eigenvalue weighted by atomic mass is 16.2. The number of aryl methyl sites for hydroxylation is 1. The van der Waals surface area contributed by atoms with Gasteiger partial charge in [0.25, 0.3) is 5.91 Å². The number of carbonyl (C=O) groups is 1. The van der Waals surface area contributed by atoms with Gasteiger partial charge in [0.1, 0.15) is 5.69 Å². The first-order chi connectivity index (χ1) is 12.7. The first kappa shape index (κ1) is 16.4. The highest BCUT2D eigenvalue weighted by Gasteiger charge is 2.26. The maximum Gasteiger partial charge on any atom is 0.271 e. The molecule has 0 radical (unpaired) electrons. The number of piperidine rings is 1. The molecule has 3 heterocycles. The first-order valence-electron chi connectivity index (χ1n) is 8.89. The lowest BCUT2D eigenvalue weighted by Gasteiger charge is -2.31. The van der Waals surface area contributed by atoms with Crippen LogP contribution in [0.4, 0.5) is 0 Å². The number of likely N-dealkylation sites (tertiary alicyclic amines) is 1. The number of aromatic nitrogens is 4. The summed E-state index contributed by atoms with van der Waals surface area (Å²) in [5.41, 5.74) is 4.79. The number of nitrogens with zero attached hydrogens (tertiary/aromatic N) is 4. The molecule has 2 aromatic heterocycles. The molecular weight excluding hydrogens is 326 g/mol. The summed E-state index contributed by atoms with van der Waals surface area (Å²) in [7, 11) is 0. The van der Waals surface area contributed by atoms with E-state index in [0.29, 0.717) is 11.6 Å². The number of rotatable bonds is 3. The standard InChI is InChI=1S/C20H21N5O/c1-14-4-2-3-5-16(14)19-13-21-12-18(23-19)15-7-10-25(11-8-15)20(26)17-6-9-22-24-17/h2-6,9,12-13,15H,7-8,10-11H2,1H3,(H,22,24). The lowest BCUT2D eigenvalue weighted by atomic mass is 9.93. The van der Waals surface area contributed by atoms with Crippen LogP contribution in [-0.4, -0.2) is 44.1 Å². The Hall–Kier alpha value is -3.02. The Morgan fingerprint density at radius 3 is 2.69 bits per heavy atom. The molecule has 0 aliphatic carbocycles. The summed E-state index contributed by atoms with van der Waals surface area (Å²) in [4.78, 5) is 23.6. The summed E-state index contributed by atoms with van der Waals surface area (Å²) >= 11 is 0. The van der Waals surface area contributed by atoms with Crippen molar-refractivity contribution in [3.63, 3.8) is 0 Å². The molecule has 0 bridgehead atoms. The number of aromatic amines is 1. The van der Waals surface area contributed by atoms with Crippen molar-refractivity contribution in [2.24, 2.45) is 0 Å². The summed E-state index contributed by atoms with van der Waals surface area (Å²) in [5.74, 6) is 0.345. The van der Waals surface area contributed by atoms with Crippen LogP contribution in [0.3, 0.4) is 0 Å². The average molecular weight is 347 g/mol. The van der Waals surface area contributed by atoms with Crippen molar-refractivity contribution in [1.82, 2.24) is 25.1 Å². The number of hydrogen-bond donors (Lipinski definition) is 1. The molecule has 0 saturated carbocycles. The molecule has 26 heavy (non-hydrogen) atoms. The molecule has 1 saturated heterocycles. The number of benzene rings is 1. The third-order valence-corrected chi connectivity index (χ3v) is 5.01. The molecule has 132 valence electrons. The normalized spacial score (nSPS) is 15.2. The van der Waals surface area contributed by atoms with Gasteiger partial charge in [-0.15, -0.1) is 0 Å². The van der Waals surface area contributed by atoms with Crippen LogP contribution < -0.4 is 0 Å². The molecule has 0 spiro atoms. The maximum absolute atomic E-state index is 12.4. The maximum atomic E-state index is 12.4. The van der Waals surface area contributed by atoms with Crippen LogP contribution in [0.2, 0.25) is 0 Å². The second-order valence-corrected chi connectivity index (χ2v) is 6.68. The van der Waals surface area contributed by atoms with Crippen molar-refractivity contribution < 1.29 is 4.79 Å². The fourth-order valence-electron chi connectivity index (χ4n) is 3.49. The highest BCUT2D eigenvalue weighted by Crippen LogP contribution is 2.29. The summed E-state index contributed by atoms with van der Waals surface area (Å²) in [6.45, 7) is 3.53. The van der Waals surface area contributed by atoms with Gasteiger partial charge < -0.3 is 4.90 Å². The van der Waals surface area contributed by atoms with Crippen molar-refractivity contribution in [3.8, 4) is 11.3 Å². The zero-order chi connectivity index (χ0) is 17.9. The molecule has 0 unspecified atom stereocenters. The molecule has 1 aliphatic rings. The smallest absolute Gasteiger partial charge is 0.271 e. The largest absolute Gasteiger partial charge is 0.337 e. The topological polar surface area (TPSA) is 74.8 Å². The summed E-state index contributed by atoms with van der Waals surface area (Å²) in [6, 6.07) is 9.93. The fourth-order valence-corrected chi connectivity index (χ4v) is 3.49. The third-order valence-electron chi connectivity index (χ3n) is 5.01. The summed E-state index contributed by atoms with van der Waals surface area (Å²) in [5, 5.41) is 6.60. The molecule has 1 N–H and O–H groups in total. The minimum atomic E-state index is 0.0145. The van der Waals surface area contributed by atoms with Gasteiger partial charge in [0, 0.05) is 37.0 Å². The van der Waals surface area contributed by atoms with Crippen LogP contribution in [0.15, 0.2) is 48.9 Å². The van der Waals surface area contributed by atoms with Crippen LogP contribution in [-0.2, 0) is 0 Å². The predicted octanol–water partition coefficient (Wildman–Crippen LogP) is 3.19. The van der Waals surface area contributed by atoms with E-state index < -0.39 is 0 Å². The van der Waals surface area contributed by atoms with Gasteiger partial charge in [-0.1, -0.05) is 24.3 Å². The molecule has 0 atom stereocenters. The summed E-state index contributed by atoms with van der Waals surface area (Å²) in [6.07, 6.45) is 7.08. The molecule has 6 heteroatoms. The molecule has 1 fully saturated rings. The van der Waals surface area contributed by atoms with Gasteiger partial charge in [0.15, 0.2) is 0 Å². The van der Waals surface area contributed by atoms with Gasteiger partial charge >= 0.3 is 0 Å². The van der Waals surface area contributed by atoms with Gasteiger partial charge in [-0.25, -0.2) is 4.98 Å². The molecule has 1 aliphatic heterocycles. The van der Waals surface area contributed by atoms with Crippen molar-refractivity contribution in [2.75, 3.05) is 13.1 Å². The Bertz CT molecular complexity index is 898. The monoisotopic (exact) mass is 347 g/mol. The molecule has 1 aromatic carbocycles. The second-order valence-electron chi connectivity index (χ2n) is 6.68. The quantitative estimate of drug-likeness (QED) is 0.789. The van der Waals surface area contributed by atoms with E-state index in [9.17, 15) is 4.79 Å². The van der Waals surface area contributed by atoms with Crippen LogP contribution in [0.1, 0.15) is 40.5 Å². The first-order valence-corrected chi connectivity index (χ1v) is 8.89. The Balaban J connectivity index is 1.47. The van der Waals surface area contributed by atoms with E-state index in [1.807, 2.05) is 29.4 Å².